The molecule has 2 aromatic rings. The van der Waals surface area contributed by atoms with Gasteiger partial charge in [0.2, 0.25) is 0 Å². The summed E-state index contributed by atoms with van der Waals surface area (Å²) in [6.07, 6.45) is 5.08. The Labute approximate surface area is 206 Å². The van der Waals surface area contributed by atoms with Crippen LogP contribution in [0.4, 0.5) is 5.82 Å². The summed E-state index contributed by atoms with van der Waals surface area (Å²) in [7, 11) is 0. The number of likely N-dealkylation sites (tertiary alicyclic amines) is 1. The van der Waals surface area contributed by atoms with Gasteiger partial charge in [0, 0.05) is 24.5 Å². The molecule has 0 saturated carbocycles. The van der Waals surface area contributed by atoms with Crippen LogP contribution in [0.2, 0.25) is 0 Å². The number of carboxylic acid groups (broad SMARTS) is 1. The number of ether oxygens (including phenoxy) is 1. The lowest BCUT2D eigenvalue weighted by Crippen LogP contribution is -2.44. The van der Waals surface area contributed by atoms with Crippen LogP contribution >= 0.6 is 11.8 Å². The lowest BCUT2D eigenvalue weighted by molar-refractivity contribution is -0.146. The molecule has 2 amide bonds. The van der Waals surface area contributed by atoms with Crippen molar-refractivity contribution in [3.63, 3.8) is 0 Å². The van der Waals surface area contributed by atoms with E-state index in [9.17, 15) is 24.3 Å². The Morgan fingerprint density at radius 2 is 2.00 bits per heavy atom. The van der Waals surface area contributed by atoms with E-state index in [0.717, 1.165) is 0 Å². The third kappa shape index (κ3) is 6.35. The maximum absolute atomic E-state index is 13.3. The number of carboxylic acids is 1. The Morgan fingerprint density at radius 3 is 2.66 bits per heavy atom. The van der Waals surface area contributed by atoms with Gasteiger partial charge in [-0.05, 0) is 38.2 Å². The van der Waals surface area contributed by atoms with Crippen molar-refractivity contribution in [1.82, 2.24) is 20.2 Å². The van der Waals surface area contributed by atoms with Crippen molar-refractivity contribution in [3.05, 3.63) is 59.6 Å². The molecular weight excluding hydrogens is 474 g/mol. The quantitative estimate of drug-likeness (QED) is 0.203. The lowest BCUT2D eigenvalue weighted by atomic mass is 10.2. The van der Waals surface area contributed by atoms with Gasteiger partial charge < -0.3 is 25.4 Å². The number of hydrogen-bond donors (Lipinski definition) is 3. The number of hydrogen-bond acceptors (Lipinski definition) is 9. The Balaban J connectivity index is 1.96. The molecule has 184 valence electrons. The number of carbonyl (C=O) groups is 4. The van der Waals surface area contributed by atoms with Crippen molar-refractivity contribution in [1.29, 1.82) is 0 Å². The Hall–Kier alpha value is -3.93. The molecule has 2 heterocycles. The zero-order chi connectivity index (χ0) is 25.4. The van der Waals surface area contributed by atoms with E-state index in [1.165, 1.54) is 29.1 Å². The van der Waals surface area contributed by atoms with Crippen molar-refractivity contribution in [3.8, 4) is 0 Å². The molecule has 1 aliphatic rings. The first-order valence-corrected chi connectivity index (χ1v) is 12.0. The average molecular weight is 500 g/mol. The van der Waals surface area contributed by atoms with E-state index >= 15 is 0 Å². The minimum atomic E-state index is -1.12. The Bertz CT molecular complexity index is 1140. The summed E-state index contributed by atoms with van der Waals surface area (Å²) in [6, 6.07) is 7.25. The van der Waals surface area contributed by atoms with Gasteiger partial charge in [-0.2, -0.15) is 0 Å². The second-order valence-corrected chi connectivity index (χ2v) is 8.13. The predicted molar refractivity (Wildman–Crippen MR) is 128 cm³/mol. The molecule has 1 aromatic carbocycles. The summed E-state index contributed by atoms with van der Waals surface area (Å²) in [6.45, 7) is 2.03. The topological polar surface area (TPSA) is 151 Å². The summed E-state index contributed by atoms with van der Waals surface area (Å²) < 4.78 is 5.04. The number of nitrogens with one attached hydrogen (secondary N) is 2. The first-order valence-electron chi connectivity index (χ1n) is 10.8. The van der Waals surface area contributed by atoms with Gasteiger partial charge in [0.25, 0.3) is 11.8 Å². The molecule has 0 bridgehead atoms. The minimum absolute atomic E-state index is 0.0340. The first-order chi connectivity index (χ1) is 16.8. The molecular formula is C23H25N5O6S. The zero-order valence-corrected chi connectivity index (χ0v) is 20.0. The number of carbonyl (C=O) groups excluding carboxylic acids is 3. The van der Waals surface area contributed by atoms with Crippen LogP contribution in [0.5, 0.6) is 0 Å². The smallest absolute Gasteiger partial charge is 0.343 e. The third-order valence-corrected chi connectivity index (χ3v) is 5.67. The van der Waals surface area contributed by atoms with Crippen molar-refractivity contribution in [2.45, 2.75) is 31.0 Å². The largest absolute Gasteiger partial charge is 0.480 e. The molecule has 35 heavy (non-hydrogen) atoms. The highest BCUT2D eigenvalue weighted by atomic mass is 32.2. The molecule has 1 aromatic heterocycles. The van der Waals surface area contributed by atoms with Gasteiger partial charge in [-0.3, -0.25) is 9.59 Å². The van der Waals surface area contributed by atoms with Gasteiger partial charge in [-0.15, -0.1) is 0 Å². The minimum Gasteiger partial charge on any atom is -0.480 e. The van der Waals surface area contributed by atoms with Crippen LogP contribution in [0.1, 0.15) is 40.5 Å². The molecule has 0 radical (unpaired) electrons. The average Bonchev–Trinajstić information content (AvgIpc) is 3.37. The van der Waals surface area contributed by atoms with Crippen LogP contribution in [0, 0.1) is 0 Å². The number of esters is 1. The van der Waals surface area contributed by atoms with Crippen LogP contribution < -0.4 is 10.6 Å². The van der Waals surface area contributed by atoms with Crippen molar-refractivity contribution in [2.75, 3.05) is 24.7 Å². The third-order valence-electron chi connectivity index (χ3n) is 5.11. The van der Waals surface area contributed by atoms with E-state index < -0.39 is 29.8 Å². The number of rotatable bonds is 9. The molecule has 3 N–H and O–H groups in total. The number of benzene rings is 1. The summed E-state index contributed by atoms with van der Waals surface area (Å²) in [5.74, 6) is -2.96. The zero-order valence-electron chi connectivity index (χ0n) is 19.2. The fourth-order valence-electron chi connectivity index (χ4n) is 3.43. The van der Waals surface area contributed by atoms with E-state index in [1.807, 2.05) is 0 Å². The molecule has 12 heteroatoms. The number of aliphatic carboxylic acids is 1. The van der Waals surface area contributed by atoms with Crippen LogP contribution in [0.25, 0.3) is 0 Å². The SMILES string of the molecule is CCOC(=O)c1cnc(SC)nc1N/C=C(\NC(=O)c1ccccc1)C(=O)N1CCCC1C(=O)O. The fraction of sp³-hybridized carbons (Fsp3) is 0.304. The summed E-state index contributed by atoms with van der Waals surface area (Å²) in [5.41, 5.74) is 0.138. The standard InChI is InChI=1S/C23H25N5O6S/c1-3-34-22(33)15-12-25-23(35-2)27-18(15)24-13-16(26-19(29)14-8-5-4-6-9-14)20(30)28-11-7-10-17(28)21(31)32/h4-6,8-9,12-13,17H,3,7,10-11H2,1-2H3,(H,26,29)(H,31,32)(H,24,25,27)/b16-13-. The van der Waals surface area contributed by atoms with Crippen LogP contribution in [-0.4, -0.2) is 69.2 Å². The number of amides is 2. The first kappa shape index (κ1) is 25.7. The normalized spacial score (nSPS) is 15.4. The molecule has 11 nitrogen and oxygen atoms in total. The van der Waals surface area contributed by atoms with E-state index in [1.54, 1.807) is 43.5 Å². The van der Waals surface area contributed by atoms with E-state index in [2.05, 4.69) is 20.6 Å². The summed E-state index contributed by atoms with van der Waals surface area (Å²) in [4.78, 5) is 59.6. The van der Waals surface area contributed by atoms with Crippen molar-refractivity contribution in [2.24, 2.45) is 0 Å². The Morgan fingerprint density at radius 1 is 1.26 bits per heavy atom. The Kier molecular flexibility index (Phi) is 8.79. The second-order valence-electron chi connectivity index (χ2n) is 7.36. The maximum atomic E-state index is 13.3. The molecule has 1 fully saturated rings. The van der Waals surface area contributed by atoms with Gasteiger partial charge in [-0.25, -0.2) is 19.6 Å². The van der Waals surface area contributed by atoms with Crippen molar-refractivity contribution < 1.29 is 29.0 Å². The van der Waals surface area contributed by atoms with Crippen LogP contribution in [0.3, 0.4) is 0 Å². The van der Waals surface area contributed by atoms with Gasteiger partial charge in [0.1, 0.15) is 23.1 Å². The van der Waals surface area contributed by atoms with Crippen molar-refractivity contribution >= 4 is 41.3 Å². The van der Waals surface area contributed by atoms with Gasteiger partial charge >= 0.3 is 11.9 Å². The van der Waals surface area contributed by atoms with E-state index in [0.29, 0.717) is 23.6 Å². The van der Waals surface area contributed by atoms with Gasteiger partial charge in [0.15, 0.2) is 5.16 Å². The number of anilines is 1. The number of thioether (sulfide) groups is 1. The number of aromatic nitrogens is 2. The predicted octanol–water partition coefficient (Wildman–Crippen LogP) is 2.13. The molecule has 0 aliphatic carbocycles. The van der Waals surface area contributed by atoms with Gasteiger partial charge in [0.05, 0.1) is 6.61 Å². The van der Waals surface area contributed by atoms with Crippen LogP contribution in [-0.2, 0) is 14.3 Å². The monoisotopic (exact) mass is 499 g/mol. The summed E-state index contributed by atoms with van der Waals surface area (Å²) >= 11 is 1.24. The highest BCUT2D eigenvalue weighted by Gasteiger charge is 2.36. The second kappa shape index (κ2) is 12.0. The highest BCUT2D eigenvalue weighted by Crippen LogP contribution is 2.21. The molecule has 3 rings (SSSR count). The maximum Gasteiger partial charge on any atom is 0.343 e. The van der Waals surface area contributed by atoms with E-state index in [-0.39, 0.29) is 30.2 Å². The lowest BCUT2D eigenvalue weighted by Gasteiger charge is -2.23. The number of nitrogens with zero attached hydrogens (tertiary/aromatic N) is 3. The van der Waals surface area contributed by atoms with Crippen LogP contribution in [0.15, 0.2) is 53.6 Å². The van der Waals surface area contributed by atoms with E-state index in [4.69, 9.17) is 4.74 Å². The highest BCUT2D eigenvalue weighted by molar-refractivity contribution is 7.98. The molecule has 1 unspecified atom stereocenters. The molecule has 1 aliphatic heterocycles. The summed E-state index contributed by atoms with van der Waals surface area (Å²) in [5, 5.41) is 15.2. The fourth-order valence-corrected chi connectivity index (χ4v) is 3.77. The molecule has 1 atom stereocenters. The van der Waals surface area contributed by atoms with Gasteiger partial charge in [-0.1, -0.05) is 30.0 Å². The molecule has 0 spiro atoms. The molecule has 1 saturated heterocycles.